The van der Waals surface area contributed by atoms with Crippen LogP contribution in [0, 0.1) is 0 Å². The SMILES string of the molecule is CC1CCCC(C)N1C(=O)CN1CCN(c2ccc(Br)cn2)CC1. The van der Waals surface area contributed by atoms with Crippen LogP contribution >= 0.6 is 15.9 Å². The van der Waals surface area contributed by atoms with Crippen LogP contribution in [0.3, 0.4) is 0 Å². The van der Waals surface area contributed by atoms with Gasteiger partial charge in [0.1, 0.15) is 5.82 Å². The number of pyridine rings is 1. The first-order chi connectivity index (χ1) is 11.5. The van der Waals surface area contributed by atoms with Gasteiger partial charge in [-0.3, -0.25) is 9.69 Å². The van der Waals surface area contributed by atoms with Crippen LogP contribution < -0.4 is 4.90 Å². The highest BCUT2D eigenvalue weighted by molar-refractivity contribution is 9.10. The van der Waals surface area contributed by atoms with Gasteiger partial charge < -0.3 is 9.80 Å². The average Bonchev–Trinajstić information content (AvgIpc) is 2.56. The summed E-state index contributed by atoms with van der Waals surface area (Å²) in [5, 5.41) is 0. The maximum absolute atomic E-state index is 12.7. The van der Waals surface area contributed by atoms with Crippen molar-refractivity contribution in [2.24, 2.45) is 0 Å². The lowest BCUT2D eigenvalue weighted by molar-refractivity contribution is -0.138. The van der Waals surface area contributed by atoms with Crippen molar-refractivity contribution in [3.05, 3.63) is 22.8 Å². The van der Waals surface area contributed by atoms with Crippen LogP contribution in [0.5, 0.6) is 0 Å². The molecule has 2 aliphatic heterocycles. The number of rotatable bonds is 3. The third-order valence-electron chi connectivity index (χ3n) is 5.25. The van der Waals surface area contributed by atoms with E-state index in [0.29, 0.717) is 24.5 Å². The molecule has 0 bridgehead atoms. The molecule has 6 heteroatoms. The number of nitrogens with zero attached hydrogens (tertiary/aromatic N) is 4. The van der Waals surface area contributed by atoms with Crippen molar-refractivity contribution in [1.82, 2.24) is 14.8 Å². The standard InChI is InChI=1S/C18H27BrN4O/c1-14-4-3-5-15(2)23(14)18(24)13-21-8-10-22(11-9-21)17-7-6-16(19)12-20-17/h6-7,12,14-15H,3-5,8-11,13H2,1-2H3. The van der Waals surface area contributed by atoms with Crippen molar-refractivity contribution < 1.29 is 4.79 Å². The average molecular weight is 395 g/mol. The van der Waals surface area contributed by atoms with E-state index in [0.717, 1.165) is 49.3 Å². The molecule has 0 saturated carbocycles. The largest absolute Gasteiger partial charge is 0.354 e. The molecule has 0 aromatic carbocycles. The fraction of sp³-hybridized carbons (Fsp3) is 0.667. The van der Waals surface area contributed by atoms with Gasteiger partial charge in [-0.25, -0.2) is 4.98 Å². The summed E-state index contributed by atoms with van der Waals surface area (Å²) in [6, 6.07) is 4.84. The molecule has 0 N–H and O–H groups in total. The van der Waals surface area contributed by atoms with E-state index in [-0.39, 0.29) is 0 Å². The Labute approximate surface area is 153 Å². The van der Waals surface area contributed by atoms with Crippen LogP contribution in [-0.2, 0) is 4.79 Å². The van der Waals surface area contributed by atoms with E-state index in [1.807, 2.05) is 18.3 Å². The van der Waals surface area contributed by atoms with E-state index in [9.17, 15) is 4.79 Å². The van der Waals surface area contributed by atoms with Crippen LogP contribution in [0.4, 0.5) is 5.82 Å². The monoisotopic (exact) mass is 394 g/mol. The lowest BCUT2D eigenvalue weighted by Gasteiger charge is -2.41. The van der Waals surface area contributed by atoms with Gasteiger partial charge in [0.05, 0.1) is 6.54 Å². The zero-order valence-electron chi connectivity index (χ0n) is 14.6. The molecule has 1 aromatic rings. The van der Waals surface area contributed by atoms with Crippen LogP contribution in [0.1, 0.15) is 33.1 Å². The minimum atomic E-state index is 0.296. The van der Waals surface area contributed by atoms with Gasteiger partial charge in [-0.15, -0.1) is 0 Å². The summed E-state index contributed by atoms with van der Waals surface area (Å²) in [7, 11) is 0. The number of aromatic nitrogens is 1. The number of piperidine rings is 1. The number of amides is 1. The summed E-state index contributed by atoms with van der Waals surface area (Å²) in [6.07, 6.45) is 5.35. The van der Waals surface area contributed by atoms with Crippen molar-refractivity contribution >= 4 is 27.7 Å². The number of carbonyl (C=O) groups is 1. The number of piperazine rings is 1. The van der Waals surface area contributed by atoms with Crippen LogP contribution in [-0.4, -0.2) is 65.5 Å². The Morgan fingerprint density at radius 1 is 1.17 bits per heavy atom. The maximum atomic E-state index is 12.7. The zero-order valence-corrected chi connectivity index (χ0v) is 16.2. The minimum Gasteiger partial charge on any atom is -0.354 e. The number of carbonyl (C=O) groups excluding carboxylic acids is 1. The Morgan fingerprint density at radius 2 is 1.83 bits per heavy atom. The summed E-state index contributed by atoms with van der Waals surface area (Å²) in [5.41, 5.74) is 0. The molecular weight excluding hydrogens is 368 g/mol. The normalized spacial score (nSPS) is 25.8. The second-order valence-corrected chi connectivity index (χ2v) is 7.94. The molecule has 2 atom stereocenters. The number of hydrogen-bond donors (Lipinski definition) is 0. The maximum Gasteiger partial charge on any atom is 0.237 e. The van der Waals surface area contributed by atoms with Crippen molar-refractivity contribution in [3.63, 3.8) is 0 Å². The zero-order chi connectivity index (χ0) is 17.1. The molecule has 5 nitrogen and oxygen atoms in total. The molecule has 2 unspecified atom stereocenters. The molecule has 0 aliphatic carbocycles. The van der Waals surface area contributed by atoms with Gasteiger partial charge >= 0.3 is 0 Å². The summed E-state index contributed by atoms with van der Waals surface area (Å²) >= 11 is 3.42. The quantitative estimate of drug-likeness (QED) is 0.789. The molecule has 2 fully saturated rings. The van der Waals surface area contributed by atoms with E-state index in [4.69, 9.17) is 0 Å². The van der Waals surface area contributed by atoms with Crippen molar-refractivity contribution in [1.29, 1.82) is 0 Å². The second-order valence-electron chi connectivity index (χ2n) is 7.03. The van der Waals surface area contributed by atoms with Crippen molar-refractivity contribution in [2.75, 3.05) is 37.6 Å². The molecule has 3 heterocycles. The Morgan fingerprint density at radius 3 is 2.42 bits per heavy atom. The number of likely N-dealkylation sites (tertiary alicyclic amines) is 1. The first-order valence-electron chi connectivity index (χ1n) is 8.94. The molecule has 1 aromatic heterocycles. The number of anilines is 1. The van der Waals surface area contributed by atoms with Crippen molar-refractivity contribution in [3.8, 4) is 0 Å². The summed E-state index contributed by atoms with van der Waals surface area (Å²) < 4.78 is 1.00. The Balaban J connectivity index is 1.51. The smallest absolute Gasteiger partial charge is 0.237 e. The fourth-order valence-corrected chi connectivity index (χ4v) is 4.11. The summed E-state index contributed by atoms with van der Waals surface area (Å²) in [5.74, 6) is 1.31. The fourth-order valence-electron chi connectivity index (χ4n) is 3.88. The molecular formula is C18H27BrN4O. The predicted octanol–water partition coefficient (Wildman–Crippen LogP) is 2.76. The third kappa shape index (κ3) is 4.09. The van der Waals surface area contributed by atoms with Gasteiger partial charge in [0.15, 0.2) is 0 Å². The topological polar surface area (TPSA) is 39.7 Å². The highest BCUT2D eigenvalue weighted by Crippen LogP contribution is 2.23. The molecule has 2 aliphatic rings. The van der Waals surface area contributed by atoms with Gasteiger partial charge in [0, 0.05) is 48.9 Å². The minimum absolute atomic E-state index is 0.296. The van der Waals surface area contributed by atoms with E-state index < -0.39 is 0 Å². The van der Waals surface area contributed by atoms with Gasteiger partial charge in [-0.2, -0.15) is 0 Å². The predicted molar refractivity (Wildman–Crippen MR) is 100 cm³/mol. The number of halogens is 1. The van der Waals surface area contributed by atoms with E-state index in [1.54, 1.807) is 0 Å². The van der Waals surface area contributed by atoms with Gasteiger partial charge in [-0.1, -0.05) is 0 Å². The lowest BCUT2D eigenvalue weighted by atomic mass is 9.97. The molecule has 24 heavy (non-hydrogen) atoms. The van der Waals surface area contributed by atoms with Gasteiger partial charge in [0.2, 0.25) is 5.91 Å². The van der Waals surface area contributed by atoms with Gasteiger partial charge in [0.25, 0.3) is 0 Å². The first-order valence-corrected chi connectivity index (χ1v) is 9.74. The first kappa shape index (κ1) is 17.7. The van der Waals surface area contributed by atoms with Gasteiger partial charge in [-0.05, 0) is 61.2 Å². The molecule has 0 spiro atoms. The molecule has 0 radical (unpaired) electrons. The Bertz CT molecular complexity index is 547. The second kappa shape index (κ2) is 7.83. The van der Waals surface area contributed by atoms with E-state index in [1.165, 1.54) is 6.42 Å². The summed E-state index contributed by atoms with van der Waals surface area (Å²) in [4.78, 5) is 23.9. The van der Waals surface area contributed by atoms with Crippen molar-refractivity contribution in [2.45, 2.75) is 45.2 Å². The molecule has 132 valence electrons. The van der Waals surface area contributed by atoms with E-state index >= 15 is 0 Å². The lowest BCUT2D eigenvalue weighted by Crippen LogP contribution is -2.54. The third-order valence-corrected chi connectivity index (χ3v) is 5.72. The van der Waals surface area contributed by atoms with E-state index in [2.05, 4.69) is 49.5 Å². The summed E-state index contributed by atoms with van der Waals surface area (Å²) in [6.45, 7) is 8.60. The highest BCUT2D eigenvalue weighted by Gasteiger charge is 2.30. The van der Waals surface area contributed by atoms with Crippen LogP contribution in [0.2, 0.25) is 0 Å². The van der Waals surface area contributed by atoms with Crippen LogP contribution in [0.15, 0.2) is 22.8 Å². The number of hydrogen-bond acceptors (Lipinski definition) is 4. The molecule has 3 rings (SSSR count). The molecule has 2 saturated heterocycles. The molecule has 1 amide bonds. The van der Waals surface area contributed by atoms with Crippen LogP contribution in [0.25, 0.3) is 0 Å². The highest BCUT2D eigenvalue weighted by atomic mass is 79.9. The Kier molecular flexibility index (Phi) is 5.76. The Hall–Kier alpha value is -1.14.